The molecule has 182 valence electrons. The molecule has 2 aromatic rings. The van der Waals surface area contributed by atoms with E-state index in [4.69, 9.17) is 4.74 Å². The Morgan fingerprint density at radius 2 is 2.12 bits per heavy atom. The van der Waals surface area contributed by atoms with Crippen LogP contribution < -0.4 is 15.4 Å². The first-order valence-electron chi connectivity index (χ1n) is 11.6. The van der Waals surface area contributed by atoms with E-state index >= 15 is 0 Å². The Morgan fingerprint density at radius 3 is 2.82 bits per heavy atom. The molecule has 2 N–H and O–H groups in total. The molecule has 1 aliphatic heterocycles. The average Bonchev–Trinajstić information content (AvgIpc) is 2.80. The number of likely N-dealkylation sites (N-methyl/N-ethyl adjacent to an activating group) is 1. The summed E-state index contributed by atoms with van der Waals surface area (Å²) in [5, 5.41) is 6.13. The molecule has 0 unspecified atom stereocenters. The van der Waals surface area contributed by atoms with Crippen molar-refractivity contribution in [1.29, 1.82) is 0 Å². The standard InChI is InChI=1S/C25H34N6O3/c1-4-21-25(34-3)29-22(17-27-21)28-20-9-5-8-19(16-20)11-12-26-23(32)18-30(2)24(33)10-6-13-31-14-7-15-31/h5-6,8-10,16-17H,4,7,11-15,18H2,1-3H3,(H,26,32)(H,28,29)/b10-6+. The normalized spacial score (nSPS) is 13.4. The number of carbonyl (C=O) groups excluding carboxylic acids is 2. The molecule has 1 aliphatic rings. The van der Waals surface area contributed by atoms with Gasteiger partial charge in [-0.2, -0.15) is 4.98 Å². The number of nitrogens with zero attached hydrogens (tertiary/aromatic N) is 4. The van der Waals surface area contributed by atoms with E-state index in [0.29, 0.717) is 24.7 Å². The lowest BCUT2D eigenvalue weighted by atomic mass is 10.1. The van der Waals surface area contributed by atoms with Crippen molar-refractivity contribution in [2.24, 2.45) is 0 Å². The number of anilines is 2. The van der Waals surface area contributed by atoms with Crippen molar-refractivity contribution in [3.05, 3.63) is 53.9 Å². The molecule has 34 heavy (non-hydrogen) atoms. The zero-order chi connectivity index (χ0) is 24.3. The third-order valence-electron chi connectivity index (χ3n) is 5.60. The molecule has 3 rings (SSSR count). The fourth-order valence-corrected chi connectivity index (χ4v) is 3.51. The zero-order valence-corrected chi connectivity index (χ0v) is 20.2. The largest absolute Gasteiger partial charge is 0.480 e. The van der Waals surface area contributed by atoms with Crippen LogP contribution >= 0.6 is 0 Å². The van der Waals surface area contributed by atoms with Gasteiger partial charge >= 0.3 is 0 Å². The van der Waals surface area contributed by atoms with Gasteiger partial charge in [0, 0.05) is 31.9 Å². The minimum atomic E-state index is -0.181. The number of likely N-dealkylation sites (tertiary alicyclic amines) is 1. The van der Waals surface area contributed by atoms with Crippen molar-refractivity contribution in [3.8, 4) is 5.88 Å². The van der Waals surface area contributed by atoms with Crippen LogP contribution in [0.3, 0.4) is 0 Å². The number of aryl methyl sites for hydroxylation is 1. The van der Waals surface area contributed by atoms with E-state index in [0.717, 1.165) is 43.0 Å². The molecule has 2 amide bonds. The fourth-order valence-electron chi connectivity index (χ4n) is 3.51. The van der Waals surface area contributed by atoms with Crippen molar-refractivity contribution in [2.45, 2.75) is 26.2 Å². The summed E-state index contributed by atoms with van der Waals surface area (Å²) in [6.07, 6.45) is 7.72. The minimum Gasteiger partial charge on any atom is -0.480 e. The SMILES string of the molecule is CCc1ncc(Nc2cccc(CCNC(=O)CN(C)C(=O)/C=C/CN3CCC3)c2)nc1OC. The zero-order valence-electron chi connectivity index (χ0n) is 20.2. The Labute approximate surface area is 201 Å². The third-order valence-corrected chi connectivity index (χ3v) is 5.60. The Hall–Kier alpha value is -3.46. The first-order chi connectivity index (χ1) is 16.5. The van der Waals surface area contributed by atoms with E-state index < -0.39 is 0 Å². The number of hydrogen-bond acceptors (Lipinski definition) is 7. The molecule has 0 saturated carbocycles. The predicted molar refractivity (Wildman–Crippen MR) is 132 cm³/mol. The lowest BCUT2D eigenvalue weighted by molar-refractivity contribution is -0.131. The maximum atomic E-state index is 12.2. The smallest absolute Gasteiger partial charge is 0.246 e. The van der Waals surface area contributed by atoms with Gasteiger partial charge in [0.05, 0.1) is 19.9 Å². The van der Waals surface area contributed by atoms with Crippen LogP contribution in [0.15, 0.2) is 42.6 Å². The number of benzene rings is 1. The number of rotatable bonds is 12. The summed E-state index contributed by atoms with van der Waals surface area (Å²) in [7, 11) is 3.22. The highest BCUT2D eigenvalue weighted by molar-refractivity contribution is 5.91. The summed E-state index contributed by atoms with van der Waals surface area (Å²) >= 11 is 0. The molecule has 1 aromatic heterocycles. The summed E-state index contributed by atoms with van der Waals surface area (Å²) < 4.78 is 5.31. The number of methoxy groups -OCH3 is 1. The average molecular weight is 467 g/mol. The van der Waals surface area contributed by atoms with Gasteiger partial charge in [-0.05, 0) is 50.0 Å². The van der Waals surface area contributed by atoms with Crippen molar-refractivity contribution >= 4 is 23.3 Å². The maximum absolute atomic E-state index is 12.2. The molecule has 9 heteroatoms. The first-order valence-corrected chi connectivity index (χ1v) is 11.6. The van der Waals surface area contributed by atoms with Crippen molar-refractivity contribution in [1.82, 2.24) is 25.1 Å². The van der Waals surface area contributed by atoms with E-state index in [1.807, 2.05) is 37.3 Å². The van der Waals surface area contributed by atoms with Crippen molar-refractivity contribution in [2.75, 3.05) is 52.2 Å². The molecule has 0 bridgehead atoms. The Bertz CT molecular complexity index is 1010. The second-order valence-corrected chi connectivity index (χ2v) is 8.24. The number of nitrogens with one attached hydrogen (secondary N) is 2. The summed E-state index contributed by atoms with van der Waals surface area (Å²) in [5.74, 6) is 0.772. The van der Waals surface area contributed by atoms with E-state index in [1.165, 1.54) is 11.3 Å². The van der Waals surface area contributed by atoms with Crippen molar-refractivity contribution < 1.29 is 14.3 Å². The first kappa shape index (κ1) is 25.2. The summed E-state index contributed by atoms with van der Waals surface area (Å²) in [6, 6.07) is 7.90. The summed E-state index contributed by atoms with van der Waals surface area (Å²) in [5.41, 5.74) is 2.75. The molecule has 0 spiro atoms. The van der Waals surface area contributed by atoms with E-state index in [9.17, 15) is 9.59 Å². The second kappa shape index (κ2) is 12.7. The van der Waals surface area contributed by atoms with Gasteiger partial charge < -0.3 is 20.3 Å². The topological polar surface area (TPSA) is 99.7 Å². The summed E-state index contributed by atoms with van der Waals surface area (Å²) in [4.78, 5) is 36.9. The molecular formula is C25H34N6O3. The molecular weight excluding hydrogens is 432 g/mol. The van der Waals surface area contributed by atoms with Crippen LogP contribution in [-0.4, -0.2) is 78.5 Å². The van der Waals surface area contributed by atoms with Gasteiger partial charge in [-0.1, -0.05) is 25.1 Å². The Kier molecular flexibility index (Phi) is 9.40. The van der Waals surface area contributed by atoms with Crippen LogP contribution in [0.1, 0.15) is 24.6 Å². The summed E-state index contributed by atoms with van der Waals surface area (Å²) in [6.45, 7) is 5.47. The van der Waals surface area contributed by atoms with Crippen LogP contribution in [-0.2, 0) is 22.4 Å². The maximum Gasteiger partial charge on any atom is 0.246 e. The predicted octanol–water partition coefficient (Wildman–Crippen LogP) is 2.17. The highest BCUT2D eigenvalue weighted by atomic mass is 16.5. The van der Waals surface area contributed by atoms with Gasteiger partial charge in [0.2, 0.25) is 17.7 Å². The number of aromatic nitrogens is 2. The molecule has 0 atom stereocenters. The van der Waals surface area contributed by atoms with Gasteiger partial charge in [0.1, 0.15) is 5.69 Å². The lowest BCUT2D eigenvalue weighted by Gasteiger charge is -2.29. The minimum absolute atomic E-state index is 0.0305. The number of carbonyl (C=O) groups is 2. The molecule has 9 nitrogen and oxygen atoms in total. The molecule has 1 aromatic carbocycles. The van der Waals surface area contributed by atoms with Crippen molar-refractivity contribution in [3.63, 3.8) is 0 Å². The Morgan fingerprint density at radius 1 is 1.29 bits per heavy atom. The monoisotopic (exact) mass is 466 g/mol. The fraction of sp³-hybridized carbons (Fsp3) is 0.440. The van der Waals surface area contributed by atoms with Crippen LogP contribution in [0.2, 0.25) is 0 Å². The van der Waals surface area contributed by atoms with E-state index in [1.54, 1.807) is 26.4 Å². The van der Waals surface area contributed by atoms with Crippen LogP contribution in [0.4, 0.5) is 11.5 Å². The highest BCUT2D eigenvalue weighted by Crippen LogP contribution is 2.20. The molecule has 1 saturated heterocycles. The quantitative estimate of drug-likeness (QED) is 0.463. The number of amides is 2. The number of hydrogen-bond donors (Lipinski definition) is 2. The van der Waals surface area contributed by atoms with Gasteiger partial charge in [-0.15, -0.1) is 0 Å². The van der Waals surface area contributed by atoms with E-state index in [-0.39, 0.29) is 18.4 Å². The molecule has 1 fully saturated rings. The highest BCUT2D eigenvalue weighted by Gasteiger charge is 2.13. The molecule has 0 aliphatic carbocycles. The molecule has 2 heterocycles. The Balaban J connectivity index is 1.42. The van der Waals surface area contributed by atoms with Crippen LogP contribution in [0, 0.1) is 0 Å². The molecule has 0 radical (unpaired) electrons. The third kappa shape index (κ3) is 7.55. The van der Waals surface area contributed by atoms with Crippen LogP contribution in [0.25, 0.3) is 0 Å². The van der Waals surface area contributed by atoms with Crippen LogP contribution in [0.5, 0.6) is 5.88 Å². The van der Waals surface area contributed by atoms with E-state index in [2.05, 4.69) is 25.5 Å². The van der Waals surface area contributed by atoms with Gasteiger partial charge in [0.15, 0.2) is 5.82 Å². The second-order valence-electron chi connectivity index (χ2n) is 8.24. The van der Waals surface area contributed by atoms with Gasteiger partial charge in [-0.3, -0.25) is 19.5 Å². The van der Waals surface area contributed by atoms with Gasteiger partial charge in [-0.25, -0.2) is 0 Å². The van der Waals surface area contributed by atoms with Gasteiger partial charge in [0.25, 0.3) is 0 Å². The number of ether oxygens (including phenoxy) is 1. The lowest BCUT2D eigenvalue weighted by Crippen LogP contribution is -2.39.